The fraction of sp³-hybridized carbons (Fsp3) is 0.263. The van der Waals surface area contributed by atoms with Gasteiger partial charge in [-0.15, -0.1) is 0 Å². The summed E-state index contributed by atoms with van der Waals surface area (Å²) in [6.45, 7) is 2.37. The second kappa shape index (κ2) is 7.08. The van der Waals surface area contributed by atoms with Gasteiger partial charge in [0.1, 0.15) is 11.6 Å². The molecule has 1 atom stereocenters. The molecule has 4 rings (SSSR count). The molecule has 0 spiro atoms. The van der Waals surface area contributed by atoms with Gasteiger partial charge >= 0.3 is 12.0 Å². The van der Waals surface area contributed by atoms with E-state index in [9.17, 15) is 18.4 Å². The van der Waals surface area contributed by atoms with E-state index in [1.807, 2.05) is 0 Å². The van der Waals surface area contributed by atoms with Crippen LogP contribution in [-0.4, -0.2) is 54.2 Å². The molecule has 2 amide bonds. The van der Waals surface area contributed by atoms with Gasteiger partial charge in [0, 0.05) is 38.3 Å². The van der Waals surface area contributed by atoms with Crippen LogP contribution in [0.4, 0.5) is 19.3 Å². The second-order valence-corrected chi connectivity index (χ2v) is 6.64. The van der Waals surface area contributed by atoms with Gasteiger partial charge in [0.25, 0.3) is 0 Å². The number of halogens is 2. The van der Waals surface area contributed by atoms with Crippen LogP contribution in [0.15, 0.2) is 36.4 Å². The van der Waals surface area contributed by atoms with Crippen LogP contribution >= 0.6 is 0 Å². The molecule has 2 aromatic rings. The molecule has 2 aliphatic rings. The van der Waals surface area contributed by atoms with Gasteiger partial charge in [0.2, 0.25) is 0 Å². The van der Waals surface area contributed by atoms with Gasteiger partial charge in [-0.05, 0) is 24.3 Å². The summed E-state index contributed by atoms with van der Waals surface area (Å²) in [7, 11) is 0. The lowest BCUT2D eigenvalue weighted by molar-refractivity contribution is 0.0696. The lowest BCUT2D eigenvalue weighted by Crippen LogP contribution is -2.49. The Morgan fingerprint density at radius 3 is 2.75 bits per heavy atom. The van der Waals surface area contributed by atoms with Gasteiger partial charge in [-0.25, -0.2) is 18.4 Å². The molecule has 9 heteroatoms. The minimum absolute atomic E-state index is 0.00720. The molecule has 2 aliphatic heterocycles. The van der Waals surface area contributed by atoms with Crippen LogP contribution in [0.5, 0.6) is 11.5 Å². The smallest absolute Gasteiger partial charge is 0.335 e. The highest BCUT2D eigenvalue weighted by molar-refractivity contribution is 5.95. The molecule has 0 bridgehead atoms. The summed E-state index contributed by atoms with van der Waals surface area (Å²) in [6.07, 6.45) is 0. The molecule has 0 unspecified atom stereocenters. The Hall–Kier alpha value is -3.20. The number of nitrogens with one attached hydrogen (secondary N) is 1. The first-order valence-electron chi connectivity index (χ1n) is 8.72. The van der Waals surface area contributed by atoms with Crippen molar-refractivity contribution in [3.63, 3.8) is 0 Å². The summed E-state index contributed by atoms with van der Waals surface area (Å²) >= 11 is 0. The predicted octanol–water partition coefficient (Wildman–Crippen LogP) is 2.67. The molecular weight excluding hydrogens is 372 g/mol. The maximum absolute atomic E-state index is 14.1. The molecule has 0 saturated carbocycles. The van der Waals surface area contributed by atoms with Gasteiger partial charge in [0.05, 0.1) is 17.3 Å². The van der Waals surface area contributed by atoms with E-state index in [4.69, 9.17) is 9.84 Å². The molecule has 2 N–H and O–H groups in total. The molecule has 28 heavy (non-hydrogen) atoms. The number of ether oxygens (including phenoxy) is 1. The average molecular weight is 389 g/mol. The number of anilines is 1. The number of hydrogen-bond donors (Lipinski definition) is 2. The average Bonchev–Trinajstić information content (AvgIpc) is 3.00. The van der Waals surface area contributed by atoms with Gasteiger partial charge < -0.3 is 20.1 Å². The quantitative estimate of drug-likeness (QED) is 0.840. The van der Waals surface area contributed by atoms with E-state index in [-0.39, 0.29) is 29.1 Å². The SMILES string of the molecule is O=C(O)c1ccc(Oc2cc(F)cc(N3C[C@@H]4CNCCN4C3=O)c2)c(F)c1. The molecule has 0 aliphatic carbocycles. The van der Waals surface area contributed by atoms with Crippen LogP contribution in [0.3, 0.4) is 0 Å². The molecule has 0 aromatic heterocycles. The largest absolute Gasteiger partial charge is 0.478 e. The summed E-state index contributed by atoms with van der Waals surface area (Å²) in [6, 6.07) is 6.73. The van der Waals surface area contributed by atoms with E-state index in [0.29, 0.717) is 31.9 Å². The first-order valence-corrected chi connectivity index (χ1v) is 8.72. The van der Waals surface area contributed by atoms with E-state index in [1.165, 1.54) is 23.1 Å². The Morgan fingerprint density at radius 2 is 2.04 bits per heavy atom. The Kier molecular flexibility index (Phi) is 4.60. The molecular formula is C19H17F2N3O4. The Bertz CT molecular complexity index is 953. The minimum Gasteiger partial charge on any atom is -0.478 e. The van der Waals surface area contributed by atoms with E-state index < -0.39 is 17.6 Å². The maximum Gasteiger partial charge on any atom is 0.335 e. The van der Waals surface area contributed by atoms with Crippen molar-refractivity contribution in [3.8, 4) is 11.5 Å². The van der Waals surface area contributed by atoms with Crippen LogP contribution in [0.2, 0.25) is 0 Å². The first-order chi connectivity index (χ1) is 13.4. The van der Waals surface area contributed by atoms with Crippen molar-refractivity contribution < 1.29 is 28.2 Å². The number of rotatable bonds is 4. The predicted molar refractivity (Wildman–Crippen MR) is 95.9 cm³/mol. The standard InChI is InChI=1S/C19H17F2N3O4/c20-12-6-13(24-10-14-9-22-3-4-23(14)19(24)27)8-15(7-12)28-17-2-1-11(18(25)26)5-16(17)21/h1-2,5-8,14,22H,3-4,9-10H2,(H,25,26)/t14-/m0/s1. The maximum atomic E-state index is 14.1. The highest BCUT2D eigenvalue weighted by Crippen LogP contribution is 2.32. The summed E-state index contributed by atoms with van der Waals surface area (Å²) in [5, 5.41) is 12.1. The number of carbonyl (C=O) groups is 2. The monoisotopic (exact) mass is 389 g/mol. The normalized spacial score (nSPS) is 18.9. The lowest BCUT2D eigenvalue weighted by atomic mass is 10.2. The fourth-order valence-electron chi connectivity index (χ4n) is 3.44. The number of piperazine rings is 1. The highest BCUT2D eigenvalue weighted by atomic mass is 19.1. The number of fused-ring (bicyclic) bond motifs is 1. The molecule has 2 saturated heterocycles. The Balaban J connectivity index is 1.60. The van der Waals surface area contributed by atoms with Gasteiger partial charge in [-0.1, -0.05) is 0 Å². The second-order valence-electron chi connectivity index (χ2n) is 6.64. The number of carboxylic acid groups (broad SMARTS) is 1. The molecule has 0 radical (unpaired) electrons. The van der Waals surface area contributed by atoms with Crippen LogP contribution in [0, 0.1) is 11.6 Å². The van der Waals surface area contributed by atoms with Crippen molar-refractivity contribution in [2.24, 2.45) is 0 Å². The Labute approximate surface area is 159 Å². The third-order valence-electron chi connectivity index (χ3n) is 4.79. The van der Waals surface area contributed by atoms with Gasteiger partial charge in [-0.2, -0.15) is 0 Å². The number of aromatic carboxylic acids is 1. The van der Waals surface area contributed by atoms with E-state index in [2.05, 4.69) is 5.32 Å². The fourth-order valence-corrected chi connectivity index (χ4v) is 3.44. The van der Waals surface area contributed by atoms with Gasteiger partial charge in [0.15, 0.2) is 11.6 Å². The van der Waals surface area contributed by atoms with Crippen molar-refractivity contribution >= 4 is 17.7 Å². The summed E-state index contributed by atoms with van der Waals surface area (Å²) in [5.41, 5.74) is 0.0923. The third kappa shape index (κ3) is 3.36. The number of urea groups is 1. The molecule has 2 aromatic carbocycles. The van der Waals surface area contributed by atoms with Crippen molar-refractivity contribution in [2.45, 2.75) is 6.04 Å². The van der Waals surface area contributed by atoms with Crippen molar-refractivity contribution in [1.82, 2.24) is 10.2 Å². The zero-order valence-electron chi connectivity index (χ0n) is 14.7. The molecule has 7 nitrogen and oxygen atoms in total. The van der Waals surface area contributed by atoms with Crippen LogP contribution < -0.4 is 15.0 Å². The summed E-state index contributed by atoms with van der Waals surface area (Å²) < 4.78 is 33.6. The molecule has 2 fully saturated rings. The number of amides is 2. The first kappa shape index (κ1) is 18.2. The van der Waals surface area contributed by atoms with E-state index in [0.717, 1.165) is 18.2 Å². The van der Waals surface area contributed by atoms with E-state index in [1.54, 1.807) is 4.90 Å². The van der Waals surface area contributed by atoms with E-state index >= 15 is 0 Å². The number of carboxylic acids is 1. The summed E-state index contributed by atoms with van der Waals surface area (Å²) in [4.78, 5) is 26.7. The van der Waals surface area contributed by atoms with Crippen LogP contribution in [-0.2, 0) is 0 Å². The number of hydrogen-bond acceptors (Lipinski definition) is 4. The number of benzene rings is 2. The zero-order chi connectivity index (χ0) is 19.8. The van der Waals surface area contributed by atoms with Crippen molar-refractivity contribution in [3.05, 3.63) is 53.6 Å². The topological polar surface area (TPSA) is 82.1 Å². The molecule has 146 valence electrons. The third-order valence-corrected chi connectivity index (χ3v) is 4.79. The Morgan fingerprint density at radius 1 is 1.21 bits per heavy atom. The van der Waals surface area contributed by atoms with Crippen molar-refractivity contribution in [1.29, 1.82) is 0 Å². The number of carbonyl (C=O) groups excluding carboxylic acids is 1. The van der Waals surface area contributed by atoms with Crippen molar-refractivity contribution in [2.75, 3.05) is 31.1 Å². The van der Waals surface area contributed by atoms with Crippen LogP contribution in [0.25, 0.3) is 0 Å². The minimum atomic E-state index is -1.27. The highest BCUT2D eigenvalue weighted by Gasteiger charge is 2.39. The lowest BCUT2D eigenvalue weighted by Gasteiger charge is -2.28. The zero-order valence-corrected chi connectivity index (χ0v) is 14.7. The molecule has 2 heterocycles. The number of nitrogens with zero attached hydrogens (tertiary/aromatic N) is 2. The van der Waals surface area contributed by atoms with Crippen LogP contribution in [0.1, 0.15) is 10.4 Å². The van der Waals surface area contributed by atoms with Gasteiger partial charge in [-0.3, -0.25) is 4.90 Å². The summed E-state index contributed by atoms with van der Waals surface area (Å²) in [5.74, 6) is -3.02.